The van der Waals surface area contributed by atoms with Crippen molar-refractivity contribution in [3.8, 4) is 23.0 Å². The number of esters is 1. The predicted molar refractivity (Wildman–Crippen MR) is 112 cm³/mol. The Morgan fingerprint density at radius 3 is 2.09 bits per heavy atom. The van der Waals surface area contributed by atoms with Crippen molar-refractivity contribution >= 4 is 11.7 Å². The van der Waals surface area contributed by atoms with Crippen molar-refractivity contribution < 1.29 is 42.2 Å². The Bertz CT molecular complexity index is 965. The Morgan fingerprint density at radius 1 is 0.970 bits per heavy atom. The lowest BCUT2D eigenvalue weighted by molar-refractivity contribution is -0.385. The number of ether oxygens (including phenoxy) is 5. The summed E-state index contributed by atoms with van der Waals surface area (Å²) in [6.45, 7) is -3.33. The quantitative estimate of drug-likeness (QED) is 0.262. The van der Waals surface area contributed by atoms with E-state index < -0.39 is 28.9 Å². The molecule has 10 nitrogen and oxygen atoms in total. The molecular weight excluding hydrogens is 446 g/mol. The molecule has 0 atom stereocenters. The maximum atomic E-state index is 12.7. The molecule has 180 valence electrons. The number of nitrogens with zero attached hydrogens (tertiary/aromatic N) is 2. The number of halogens is 2. The second-order valence-corrected chi connectivity index (χ2v) is 6.71. The first kappa shape index (κ1) is 25.6. The predicted octanol–water partition coefficient (Wildman–Crippen LogP) is 3.40. The number of nitro benzene ring substituents is 1. The Kier molecular flexibility index (Phi) is 9.16. The minimum absolute atomic E-state index is 0.101. The van der Waals surface area contributed by atoms with Crippen molar-refractivity contribution in [3.05, 3.63) is 51.6 Å². The highest BCUT2D eigenvalue weighted by Gasteiger charge is 2.24. The van der Waals surface area contributed by atoms with Crippen molar-refractivity contribution in [2.75, 3.05) is 35.0 Å². The molecule has 33 heavy (non-hydrogen) atoms. The van der Waals surface area contributed by atoms with E-state index >= 15 is 0 Å². The van der Waals surface area contributed by atoms with E-state index in [0.717, 1.165) is 6.07 Å². The number of hydrogen-bond donors (Lipinski definition) is 0. The zero-order chi connectivity index (χ0) is 24.5. The van der Waals surface area contributed by atoms with Gasteiger partial charge in [0.1, 0.15) is 11.5 Å². The molecule has 0 spiro atoms. The molecule has 0 aliphatic rings. The third-order valence-electron chi connectivity index (χ3n) is 4.57. The van der Waals surface area contributed by atoms with Gasteiger partial charge in [0.2, 0.25) is 0 Å². The second kappa shape index (κ2) is 11.8. The number of hydrogen-bond acceptors (Lipinski definition) is 9. The number of rotatable bonds is 12. The van der Waals surface area contributed by atoms with Gasteiger partial charge in [0.25, 0.3) is 5.69 Å². The van der Waals surface area contributed by atoms with Crippen LogP contribution in [0.25, 0.3) is 0 Å². The summed E-state index contributed by atoms with van der Waals surface area (Å²) >= 11 is 0. The summed E-state index contributed by atoms with van der Waals surface area (Å²) in [4.78, 5) is 24.5. The van der Waals surface area contributed by atoms with Gasteiger partial charge in [-0.25, -0.2) is 0 Å². The van der Waals surface area contributed by atoms with Crippen LogP contribution >= 0.6 is 0 Å². The lowest BCUT2D eigenvalue weighted by Gasteiger charge is -2.22. The molecule has 2 aromatic rings. The zero-order valence-electron chi connectivity index (χ0n) is 18.5. The Balaban J connectivity index is 2.45. The van der Waals surface area contributed by atoms with Gasteiger partial charge in [-0.15, -0.1) is 0 Å². The van der Waals surface area contributed by atoms with Crippen LogP contribution in [0.5, 0.6) is 23.0 Å². The number of nitro groups is 1. The molecule has 12 heteroatoms. The third kappa shape index (κ3) is 7.17. The van der Waals surface area contributed by atoms with Gasteiger partial charge in [-0.05, 0) is 23.8 Å². The molecule has 2 rings (SSSR count). The highest BCUT2D eigenvalue weighted by atomic mass is 19.3. The van der Waals surface area contributed by atoms with E-state index in [2.05, 4.69) is 4.74 Å². The highest BCUT2D eigenvalue weighted by molar-refractivity contribution is 5.71. The van der Waals surface area contributed by atoms with Crippen LogP contribution < -0.4 is 18.9 Å². The molecule has 0 aromatic heterocycles. The molecule has 0 saturated heterocycles. The lowest BCUT2D eigenvalue weighted by atomic mass is 10.1. The monoisotopic (exact) mass is 470 g/mol. The van der Waals surface area contributed by atoms with Crippen LogP contribution in [0, 0.1) is 10.1 Å². The van der Waals surface area contributed by atoms with Gasteiger partial charge in [0, 0.05) is 24.7 Å². The van der Waals surface area contributed by atoms with Gasteiger partial charge >= 0.3 is 12.6 Å². The minimum atomic E-state index is -3.19. The molecule has 0 fully saturated rings. The summed E-state index contributed by atoms with van der Waals surface area (Å²) < 4.78 is 50.0. The maximum absolute atomic E-state index is 12.7. The van der Waals surface area contributed by atoms with E-state index in [1.165, 1.54) is 34.5 Å². The number of alkyl halides is 2. The molecule has 0 saturated carbocycles. The van der Waals surface area contributed by atoms with Crippen LogP contribution in [0.3, 0.4) is 0 Å². The Labute approximate surface area is 188 Å². The van der Waals surface area contributed by atoms with Crippen LogP contribution in [0.4, 0.5) is 14.5 Å². The molecule has 0 amide bonds. The van der Waals surface area contributed by atoms with Gasteiger partial charge < -0.3 is 23.7 Å². The largest absolute Gasteiger partial charge is 0.497 e. The molecule has 2 aromatic carbocycles. The van der Waals surface area contributed by atoms with E-state index in [4.69, 9.17) is 18.9 Å². The fourth-order valence-electron chi connectivity index (χ4n) is 3.11. The summed E-state index contributed by atoms with van der Waals surface area (Å²) in [6.07, 6.45) is 0. The third-order valence-corrected chi connectivity index (χ3v) is 4.57. The number of benzene rings is 2. The minimum Gasteiger partial charge on any atom is -0.497 e. The SMILES string of the molecule is COC(=O)CN(Cc1cc(OC)cc(OC)c1)Cc1cc(OC)c(OC(F)F)cc1[N+](=O)[O-]. The van der Waals surface area contributed by atoms with E-state index in [0.29, 0.717) is 17.1 Å². The number of carbonyl (C=O) groups is 1. The summed E-state index contributed by atoms with van der Waals surface area (Å²) in [5, 5.41) is 11.6. The van der Waals surface area contributed by atoms with E-state index in [9.17, 15) is 23.7 Å². The molecule has 0 radical (unpaired) electrons. The maximum Gasteiger partial charge on any atom is 0.387 e. The first-order valence-electron chi connectivity index (χ1n) is 9.51. The van der Waals surface area contributed by atoms with Crippen molar-refractivity contribution in [3.63, 3.8) is 0 Å². The van der Waals surface area contributed by atoms with Crippen LogP contribution in [0.15, 0.2) is 30.3 Å². The number of carbonyl (C=O) groups excluding carboxylic acids is 1. The molecule has 0 heterocycles. The molecule has 0 aliphatic heterocycles. The molecular formula is C21H24F2N2O8. The van der Waals surface area contributed by atoms with Crippen molar-refractivity contribution in [2.24, 2.45) is 0 Å². The first-order chi connectivity index (χ1) is 15.7. The summed E-state index contributed by atoms with van der Waals surface area (Å²) in [6, 6.07) is 7.21. The average molecular weight is 470 g/mol. The average Bonchev–Trinajstić information content (AvgIpc) is 2.78. The Morgan fingerprint density at radius 2 is 1.61 bits per heavy atom. The normalized spacial score (nSPS) is 10.8. The van der Waals surface area contributed by atoms with E-state index in [-0.39, 0.29) is 30.9 Å². The van der Waals surface area contributed by atoms with Gasteiger partial charge in [0.05, 0.1) is 46.0 Å². The molecule has 0 bridgehead atoms. The van der Waals surface area contributed by atoms with Crippen LogP contribution in [0.1, 0.15) is 11.1 Å². The molecule has 0 unspecified atom stereocenters. The topological polar surface area (TPSA) is 110 Å². The molecule has 0 N–H and O–H groups in total. The van der Waals surface area contributed by atoms with Crippen molar-refractivity contribution in [1.29, 1.82) is 0 Å². The van der Waals surface area contributed by atoms with Crippen LogP contribution in [-0.2, 0) is 22.6 Å². The highest BCUT2D eigenvalue weighted by Crippen LogP contribution is 2.36. The second-order valence-electron chi connectivity index (χ2n) is 6.71. The Hall–Kier alpha value is -3.67. The lowest BCUT2D eigenvalue weighted by Crippen LogP contribution is -2.30. The molecule has 0 aliphatic carbocycles. The number of methoxy groups -OCH3 is 4. The zero-order valence-corrected chi connectivity index (χ0v) is 18.5. The van der Waals surface area contributed by atoms with Gasteiger partial charge in [-0.1, -0.05) is 0 Å². The smallest absolute Gasteiger partial charge is 0.387 e. The fourth-order valence-corrected chi connectivity index (χ4v) is 3.11. The summed E-state index contributed by atoms with van der Waals surface area (Å²) in [5.41, 5.74) is 0.351. The standard InChI is InChI=1S/C21H24F2N2O8/c1-29-15-5-13(6-16(8-15)30-2)10-24(12-20(26)32-4)11-14-7-18(31-3)19(33-21(22)23)9-17(14)25(27)28/h5-9,21H,10-12H2,1-4H3. The van der Waals surface area contributed by atoms with Crippen LogP contribution in [-0.4, -0.2) is 57.4 Å². The van der Waals surface area contributed by atoms with Crippen molar-refractivity contribution in [1.82, 2.24) is 4.90 Å². The first-order valence-corrected chi connectivity index (χ1v) is 9.51. The fraction of sp³-hybridized carbons (Fsp3) is 0.381. The van der Waals surface area contributed by atoms with Crippen LogP contribution in [0.2, 0.25) is 0 Å². The van der Waals surface area contributed by atoms with Gasteiger partial charge in [0.15, 0.2) is 11.5 Å². The summed E-state index contributed by atoms with van der Waals surface area (Å²) in [7, 11) is 5.42. The van der Waals surface area contributed by atoms with Gasteiger partial charge in [-0.2, -0.15) is 8.78 Å². The summed E-state index contributed by atoms with van der Waals surface area (Å²) in [5.74, 6) is -0.124. The van der Waals surface area contributed by atoms with Gasteiger partial charge in [-0.3, -0.25) is 19.8 Å². The van der Waals surface area contributed by atoms with E-state index in [1.54, 1.807) is 23.1 Å². The van der Waals surface area contributed by atoms with Crippen molar-refractivity contribution in [2.45, 2.75) is 19.7 Å². The van der Waals surface area contributed by atoms with E-state index in [1.807, 2.05) is 0 Å².